The van der Waals surface area contributed by atoms with E-state index in [4.69, 9.17) is 4.98 Å². The maximum absolute atomic E-state index is 4.86. The van der Waals surface area contributed by atoms with Crippen molar-refractivity contribution < 1.29 is 0 Å². The summed E-state index contributed by atoms with van der Waals surface area (Å²) >= 11 is 0. The number of halogens is 1. The fraction of sp³-hybridized carbons (Fsp3) is 0.105. The van der Waals surface area contributed by atoms with Crippen molar-refractivity contribution in [3.05, 3.63) is 72.1 Å². The van der Waals surface area contributed by atoms with Crippen molar-refractivity contribution in [3.63, 3.8) is 0 Å². The molecule has 0 fully saturated rings. The van der Waals surface area contributed by atoms with Gasteiger partial charge < -0.3 is 4.40 Å². The van der Waals surface area contributed by atoms with Gasteiger partial charge in [0.25, 0.3) is 0 Å². The molecule has 2 aromatic carbocycles. The van der Waals surface area contributed by atoms with Gasteiger partial charge in [-0.2, -0.15) is 0 Å². The summed E-state index contributed by atoms with van der Waals surface area (Å²) in [4.78, 5) is 4.86. The van der Waals surface area contributed by atoms with E-state index >= 15 is 0 Å². The number of aromatic nitrogens is 2. The van der Waals surface area contributed by atoms with E-state index in [0.29, 0.717) is 0 Å². The number of imidazole rings is 1. The average Bonchev–Trinajstić information content (AvgIpc) is 2.91. The van der Waals surface area contributed by atoms with E-state index < -0.39 is 0 Å². The van der Waals surface area contributed by atoms with E-state index in [1.165, 1.54) is 27.5 Å². The van der Waals surface area contributed by atoms with Crippen molar-refractivity contribution in [2.45, 2.75) is 13.8 Å². The molecule has 4 aromatic rings. The molecule has 0 aliphatic carbocycles. The van der Waals surface area contributed by atoms with Crippen LogP contribution in [0.4, 0.5) is 0 Å². The summed E-state index contributed by atoms with van der Waals surface area (Å²) in [6.07, 6.45) is 4.19. The second-order valence-electron chi connectivity index (χ2n) is 5.58. The van der Waals surface area contributed by atoms with Crippen LogP contribution in [0.2, 0.25) is 0 Å². The van der Waals surface area contributed by atoms with Gasteiger partial charge in [-0.1, -0.05) is 48.0 Å². The van der Waals surface area contributed by atoms with E-state index in [1.807, 2.05) is 0 Å². The molecule has 0 unspecified atom stereocenters. The molecule has 0 atom stereocenters. The number of hydrogen-bond donors (Lipinski definition) is 0. The van der Waals surface area contributed by atoms with Gasteiger partial charge in [0, 0.05) is 23.3 Å². The van der Waals surface area contributed by atoms with Crippen molar-refractivity contribution in [1.29, 1.82) is 0 Å². The Balaban J connectivity index is 0.00000144. The Bertz CT molecular complexity index is 970. The minimum atomic E-state index is 0. The lowest BCUT2D eigenvalue weighted by molar-refractivity contribution is 1.20. The molecule has 0 spiro atoms. The zero-order chi connectivity index (χ0) is 14.4. The number of benzene rings is 2. The third-order valence-corrected chi connectivity index (χ3v) is 4.01. The first-order valence-corrected chi connectivity index (χ1v) is 7.16. The molecule has 0 N–H and O–H groups in total. The maximum Gasteiger partial charge on any atom is 0.145 e. The summed E-state index contributed by atoms with van der Waals surface area (Å²) in [6.45, 7) is 4.26. The van der Waals surface area contributed by atoms with Crippen LogP contribution >= 0.6 is 17.0 Å². The van der Waals surface area contributed by atoms with E-state index in [9.17, 15) is 0 Å². The molecule has 0 aliphatic rings. The van der Waals surface area contributed by atoms with E-state index in [0.717, 1.165) is 11.3 Å². The first-order valence-electron chi connectivity index (χ1n) is 7.16. The van der Waals surface area contributed by atoms with Gasteiger partial charge in [-0.3, -0.25) is 0 Å². The Morgan fingerprint density at radius 3 is 2.59 bits per heavy atom. The molecular formula is C19H17BrN2. The highest BCUT2D eigenvalue weighted by Gasteiger charge is 2.09. The molecule has 0 saturated heterocycles. The number of fused-ring (bicyclic) bond motifs is 3. The van der Waals surface area contributed by atoms with Crippen LogP contribution in [-0.2, 0) is 0 Å². The van der Waals surface area contributed by atoms with Gasteiger partial charge in [0.1, 0.15) is 5.65 Å². The van der Waals surface area contributed by atoms with Crippen molar-refractivity contribution in [2.24, 2.45) is 0 Å². The summed E-state index contributed by atoms with van der Waals surface area (Å²) in [6, 6.07) is 17.0. The van der Waals surface area contributed by atoms with Gasteiger partial charge in [0.2, 0.25) is 0 Å². The molecule has 22 heavy (non-hydrogen) atoms. The number of rotatable bonds is 1. The monoisotopic (exact) mass is 352 g/mol. The lowest BCUT2D eigenvalue weighted by Gasteiger charge is -2.02. The van der Waals surface area contributed by atoms with Crippen molar-refractivity contribution in [2.75, 3.05) is 0 Å². The third kappa shape index (κ3) is 2.32. The molecule has 4 rings (SSSR count). The van der Waals surface area contributed by atoms with Gasteiger partial charge in [0.15, 0.2) is 0 Å². The van der Waals surface area contributed by atoms with Crippen LogP contribution < -0.4 is 0 Å². The molecule has 0 bridgehead atoms. The van der Waals surface area contributed by atoms with Crippen LogP contribution in [0.1, 0.15) is 11.1 Å². The first-order chi connectivity index (χ1) is 10.2. The third-order valence-electron chi connectivity index (χ3n) is 4.01. The van der Waals surface area contributed by atoms with Gasteiger partial charge in [-0.15, -0.1) is 17.0 Å². The van der Waals surface area contributed by atoms with Crippen LogP contribution in [0.5, 0.6) is 0 Å². The normalized spacial score (nSPS) is 10.8. The lowest BCUT2D eigenvalue weighted by atomic mass is 10.0. The zero-order valence-corrected chi connectivity index (χ0v) is 14.3. The molecule has 0 amide bonds. The number of pyridine rings is 1. The Labute approximate surface area is 140 Å². The smallest absolute Gasteiger partial charge is 0.145 e. The van der Waals surface area contributed by atoms with E-state index in [1.54, 1.807) is 0 Å². The van der Waals surface area contributed by atoms with Crippen LogP contribution in [-0.4, -0.2) is 9.38 Å². The van der Waals surface area contributed by atoms with Gasteiger partial charge in [-0.25, -0.2) is 4.98 Å². The molecular weight excluding hydrogens is 336 g/mol. The molecule has 2 heterocycles. The van der Waals surface area contributed by atoms with Crippen LogP contribution in [0.15, 0.2) is 60.9 Å². The zero-order valence-electron chi connectivity index (χ0n) is 12.6. The Morgan fingerprint density at radius 1 is 0.955 bits per heavy atom. The minimum absolute atomic E-state index is 0. The number of nitrogens with zero attached hydrogens (tertiary/aromatic N) is 2. The molecule has 3 heteroatoms. The predicted molar refractivity (Wildman–Crippen MR) is 97.9 cm³/mol. The largest absolute Gasteiger partial charge is 0.306 e. The second-order valence-corrected chi connectivity index (χ2v) is 5.58. The Morgan fingerprint density at radius 2 is 1.77 bits per heavy atom. The second kappa shape index (κ2) is 5.58. The lowest BCUT2D eigenvalue weighted by Crippen LogP contribution is -1.84. The standard InChI is InChI=1S/C19H16N2.BrH/c1-13-7-8-16(14(2)11-13)18-12-21-10-9-15-5-3-4-6-17(15)19(21)20-18;/h3-12H,1-2H3;1H. The topological polar surface area (TPSA) is 17.3 Å². The molecule has 2 aromatic heterocycles. The highest BCUT2D eigenvalue weighted by molar-refractivity contribution is 8.93. The fourth-order valence-electron chi connectivity index (χ4n) is 2.94. The van der Waals surface area contributed by atoms with Crippen molar-refractivity contribution >= 4 is 33.4 Å². The Hall–Kier alpha value is -2.13. The molecule has 0 aliphatic heterocycles. The van der Waals surface area contributed by atoms with E-state index in [2.05, 4.69) is 79.2 Å². The molecule has 0 saturated carbocycles. The van der Waals surface area contributed by atoms with Crippen LogP contribution in [0.3, 0.4) is 0 Å². The van der Waals surface area contributed by atoms with Crippen LogP contribution in [0, 0.1) is 13.8 Å². The van der Waals surface area contributed by atoms with Crippen molar-refractivity contribution in [3.8, 4) is 11.3 Å². The quantitative estimate of drug-likeness (QED) is 0.451. The first kappa shape index (κ1) is 14.8. The summed E-state index contributed by atoms with van der Waals surface area (Å²) in [7, 11) is 0. The van der Waals surface area contributed by atoms with Gasteiger partial charge in [0.05, 0.1) is 5.69 Å². The summed E-state index contributed by atoms with van der Waals surface area (Å²) < 4.78 is 2.11. The summed E-state index contributed by atoms with van der Waals surface area (Å²) in [5.74, 6) is 0. The maximum atomic E-state index is 4.86. The van der Waals surface area contributed by atoms with Crippen LogP contribution in [0.25, 0.3) is 27.7 Å². The summed E-state index contributed by atoms with van der Waals surface area (Å²) in [5.41, 5.74) is 5.80. The minimum Gasteiger partial charge on any atom is -0.306 e. The molecule has 2 nitrogen and oxygen atoms in total. The van der Waals surface area contributed by atoms with E-state index in [-0.39, 0.29) is 17.0 Å². The highest BCUT2D eigenvalue weighted by Crippen LogP contribution is 2.26. The molecule has 110 valence electrons. The SMILES string of the molecule is Br.Cc1ccc(-c2cn3ccc4ccccc4c3n2)c(C)c1. The van der Waals surface area contributed by atoms with Gasteiger partial charge in [-0.05, 0) is 30.9 Å². The number of aryl methyl sites for hydroxylation is 2. The summed E-state index contributed by atoms with van der Waals surface area (Å²) in [5, 5.41) is 2.42. The molecule has 0 radical (unpaired) electrons. The van der Waals surface area contributed by atoms with Gasteiger partial charge >= 0.3 is 0 Å². The highest BCUT2D eigenvalue weighted by atomic mass is 79.9. The Kier molecular flexibility index (Phi) is 3.75. The predicted octanol–water partition coefficient (Wildman–Crippen LogP) is 5.35. The van der Waals surface area contributed by atoms with Crippen molar-refractivity contribution in [1.82, 2.24) is 9.38 Å². The number of hydrogen-bond acceptors (Lipinski definition) is 1. The fourth-order valence-corrected chi connectivity index (χ4v) is 2.94. The average molecular weight is 353 g/mol.